The summed E-state index contributed by atoms with van der Waals surface area (Å²) in [5, 5.41) is 12.6. The first kappa shape index (κ1) is 14.6. The average Bonchev–Trinajstić information content (AvgIpc) is 3.04. The Kier molecular flexibility index (Phi) is 3.70. The zero-order valence-corrected chi connectivity index (χ0v) is 12.0. The molecule has 0 unspecified atom stereocenters. The van der Waals surface area contributed by atoms with Crippen molar-refractivity contribution in [3.8, 4) is 0 Å². The monoisotopic (exact) mass is 310 g/mol. The highest BCUT2D eigenvalue weighted by Gasteiger charge is 2.19. The number of hydrogen-bond acceptors (Lipinski definition) is 5. The molecule has 2 aromatic carbocycles. The minimum absolute atomic E-state index is 0.190. The van der Waals surface area contributed by atoms with Crippen molar-refractivity contribution in [3.63, 3.8) is 0 Å². The highest BCUT2D eigenvalue weighted by molar-refractivity contribution is 5.95. The van der Waals surface area contributed by atoms with Crippen molar-refractivity contribution in [3.05, 3.63) is 72.1 Å². The molecular formula is C16H14N4O3. The number of nitrogens with one attached hydrogen (secondary N) is 1. The zero-order valence-electron chi connectivity index (χ0n) is 12.0. The molecule has 0 radical (unpaired) electrons. The Balaban J connectivity index is 1.81. The van der Waals surface area contributed by atoms with Crippen molar-refractivity contribution >= 4 is 23.3 Å². The Morgan fingerprint density at radius 3 is 2.26 bits per heavy atom. The molecule has 0 atom stereocenters. The van der Waals surface area contributed by atoms with Crippen LogP contribution in [0.5, 0.6) is 0 Å². The van der Waals surface area contributed by atoms with Gasteiger partial charge in [-0.15, -0.1) is 5.53 Å². The van der Waals surface area contributed by atoms with Crippen molar-refractivity contribution in [1.29, 1.82) is 0 Å². The maximum atomic E-state index is 11.3. The number of aromatic carboxylic acids is 1. The Bertz CT molecular complexity index is 786. The largest absolute Gasteiger partial charge is 0.478 e. The van der Waals surface area contributed by atoms with Gasteiger partial charge in [0, 0.05) is 18.0 Å². The van der Waals surface area contributed by atoms with E-state index in [0.717, 1.165) is 5.69 Å². The number of carboxylic acids is 1. The second-order valence-electron chi connectivity index (χ2n) is 4.87. The Morgan fingerprint density at radius 2 is 1.61 bits per heavy atom. The van der Waals surface area contributed by atoms with E-state index in [9.17, 15) is 14.7 Å². The van der Waals surface area contributed by atoms with Gasteiger partial charge in [0.15, 0.2) is 0 Å². The van der Waals surface area contributed by atoms with Crippen LogP contribution in [-0.4, -0.2) is 17.0 Å². The van der Waals surface area contributed by atoms with Gasteiger partial charge in [-0.1, -0.05) is 12.1 Å². The van der Waals surface area contributed by atoms with Gasteiger partial charge in [0.05, 0.1) is 16.9 Å². The molecule has 116 valence electrons. The lowest BCUT2D eigenvalue weighted by molar-refractivity contribution is 0.0697. The third-order valence-corrected chi connectivity index (χ3v) is 3.40. The van der Waals surface area contributed by atoms with E-state index < -0.39 is 11.9 Å². The van der Waals surface area contributed by atoms with Crippen molar-refractivity contribution in [2.45, 2.75) is 0 Å². The summed E-state index contributed by atoms with van der Waals surface area (Å²) >= 11 is 0. The molecule has 0 bridgehead atoms. The van der Waals surface area contributed by atoms with Gasteiger partial charge in [-0.25, -0.2) is 4.79 Å². The molecule has 1 aliphatic heterocycles. The SMILES string of the molecule is NC(=O)c1ccc(N2C=CN(c3ccccc3C(=O)O)N2)cc1. The van der Waals surface area contributed by atoms with E-state index in [-0.39, 0.29) is 5.56 Å². The van der Waals surface area contributed by atoms with Crippen LogP contribution < -0.4 is 21.3 Å². The van der Waals surface area contributed by atoms with E-state index >= 15 is 0 Å². The molecule has 0 aliphatic carbocycles. The molecule has 0 saturated heterocycles. The van der Waals surface area contributed by atoms with Crippen LogP contribution in [0.1, 0.15) is 20.7 Å². The van der Waals surface area contributed by atoms with Gasteiger partial charge >= 0.3 is 5.97 Å². The number of carbonyl (C=O) groups is 2. The van der Waals surface area contributed by atoms with Gasteiger partial charge in [0.2, 0.25) is 5.91 Å². The lowest BCUT2D eigenvalue weighted by Gasteiger charge is -2.23. The Morgan fingerprint density at radius 1 is 0.957 bits per heavy atom. The first-order valence-corrected chi connectivity index (χ1v) is 6.81. The molecule has 2 aromatic rings. The van der Waals surface area contributed by atoms with E-state index in [2.05, 4.69) is 5.53 Å². The molecule has 7 heteroatoms. The quantitative estimate of drug-likeness (QED) is 0.795. The number of para-hydroxylation sites is 1. The molecule has 1 aliphatic rings. The summed E-state index contributed by atoms with van der Waals surface area (Å²) in [7, 11) is 0. The van der Waals surface area contributed by atoms with Crippen LogP contribution in [0.4, 0.5) is 11.4 Å². The molecule has 0 spiro atoms. The minimum atomic E-state index is -1.000. The van der Waals surface area contributed by atoms with Crippen LogP contribution in [0, 0.1) is 0 Å². The Hall–Kier alpha value is -3.32. The molecule has 0 fully saturated rings. The fourth-order valence-electron chi connectivity index (χ4n) is 2.24. The van der Waals surface area contributed by atoms with Crippen LogP contribution in [-0.2, 0) is 0 Å². The van der Waals surface area contributed by atoms with Gasteiger partial charge in [-0.3, -0.25) is 14.8 Å². The Labute approximate surface area is 132 Å². The van der Waals surface area contributed by atoms with E-state index in [0.29, 0.717) is 11.3 Å². The summed E-state index contributed by atoms with van der Waals surface area (Å²) in [6, 6.07) is 13.4. The lowest BCUT2D eigenvalue weighted by Crippen LogP contribution is -2.40. The number of nitrogens with two attached hydrogens (primary N) is 1. The van der Waals surface area contributed by atoms with Gasteiger partial charge in [0.25, 0.3) is 0 Å². The van der Waals surface area contributed by atoms with Crippen molar-refractivity contribution in [1.82, 2.24) is 5.53 Å². The number of benzene rings is 2. The molecule has 0 saturated carbocycles. The fraction of sp³-hybridized carbons (Fsp3) is 0. The summed E-state index contributed by atoms with van der Waals surface area (Å²) < 4.78 is 0. The fourth-order valence-corrected chi connectivity index (χ4v) is 2.24. The number of hydrogen-bond donors (Lipinski definition) is 3. The summed E-state index contributed by atoms with van der Waals surface area (Å²) in [5.41, 5.74) is 10.2. The summed E-state index contributed by atoms with van der Waals surface area (Å²) in [6.07, 6.45) is 3.46. The normalized spacial score (nSPS) is 13.4. The minimum Gasteiger partial charge on any atom is -0.478 e. The average molecular weight is 310 g/mol. The number of carbonyl (C=O) groups excluding carboxylic acids is 1. The van der Waals surface area contributed by atoms with Gasteiger partial charge in [0.1, 0.15) is 0 Å². The number of primary amides is 1. The molecule has 4 N–H and O–H groups in total. The number of nitrogens with zero attached hydrogens (tertiary/aromatic N) is 2. The summed E-state index contributed by atoms with van der Waals surface area (Å²) in [6.45, 7) is 0. The zero-order chi connectivity index (χ0) is 16.4. The highest BCUT2D eigenvalue weighted by Crippen LogP contribution is 2.24. The van der Waals surface area contributed by atoms with Crippen molar-refractivity contribution < 1.29 is 14.7 Å². The van der Waals surface area contributed by atoms with Crippen LogP contribution in [0.2, 0.25) is 0 Å². The molecule has 1 heterocycles. The first-order valence-electron chi connectivity index (χ1n) is 6.81. The smallest absolute Gasteiger partial charge is 0.337 e. The van der Waals surface area contributed by atoms with E-state index in [1.165, 1.54) is 6.07 Å². The molecule has 3 rings (SSSR count). The van der Waals surface area contributed by atoms with E-state index in [4.69, 9.17) is 5.73 Å². The topological polar surface area (TPSA) is 98.9 Å². The van der Waals surface area contributed by atoms with E-state index in [1.807, 2.05) is 0 Å². The third-order valence-electron chi connectivity index (χ3n) is 3.40. The molecular weight excluding hydrogens is 296 g/mol. The second-order valence-corrected chi connectivity index (χ2v) is 4.87. The van der Waals surface area contributed by atoms with Gasteiger partial charge in [-0.05, 0) is 36.4 Å². The van der Waals surface area contributed by atoms with E-state index in [1.54, 1.807) is 64.9 Å². The van der Waals surface area contributed by atoms with Crippen molar-refractivity contribution in [2.75, 3.05) is 10.0 Å². The maximum Gasteiger partial charge on any atom is 0.337 e. The van der Waals surface area contributed by atoms with Crippen LogP contribution in [0.3, 0.4) is 0 Å². The highest BCUT2D eigenvalue weighted by atomic mass is 16.4. The third kappa shape index (κ3) is 2.85. The first-order chi connectivity index (χ1) is 11.1. The van der Waals surface area contributed by atoms with Crippen LogP contribution in [0.25, 0.3) is 0 Å². The molecule has 7 nitrogen and oxygen atoms in total. The molecule has 0 aromatic heterocycles. The standard InChI is InChI=1S/C16H14N4O3/c17-15(21)11-5-7-12(8-6-11)19-9-10-20(18-19)14-4-2-1-3-13(14)16(22)23/h1-10,18H,(H2,17,21)(H,22,23). The number of rotatable bonds is 4. The van der Waals surface area contributed by atoms with Crippen molar-refractivity contribution in [2.24, 2.45) is 5.73 Å². The number of carboxylic acid groups (broad SMARTS) is 1. The molecule has 23 heavy (non-hydrogen) atoms. The maximum absolute atomic E-state index is 11.3. The van der Waals surface area contributed by atoms with Crippen LogP contribution in [0.15, 0.2) is 60.9 Å². The van der Waals surface area contributed by atoms with Gasteiger partial charge < -0.3 is 10.8 Å². The number of anilines is 2. The van der Waals surface area contributed by atoms with Crippen LogP contribution >= 0.6 is 0 Å². The summed E-state index contributed by atoms with van der Waals surface area (Å²) in [5.74, 6) is -1.49. The summed E-state index contributed by atoms with van der Waals surface area (Å²) in [4.78, 5) is 22.4. The predicted octanol–water partition coefficient (Wildman–Crippen LogP) is 1.70. The number of hydrazine groups is 2. The number of amides is 1. The lowest BCUT2D eigenvalue weighted by atomic mass is 10.2. The van der Waals surface area contributed by atoms with Gasteiger partial charge in [-0.2, -0.15) is 0 Å². The predicted molar refractivity (Wildman–Crippen MR) is 85.6 cm³/mol. The molecule has 1 amide bonds. The second kappa shape index (κ2) is 5.82.